The van der Waals surface area contributed by atoms with Gasteiger partial charge in [-0.15, -0.1) is 0 Å². The van der Waals surface area contributed by atoms with Gasteiger partial charge in [0.2, 0.25) is 5.95 Å². The third-order valence-corrected chi connectivity index (χ3v) is 3.57. The number of ether oxygens (including phenoxy) is 3. The molecule has 0 aliphatic carbocycles. The van der Waals surface area contributed by atoms with Crippen molar-refractivity contribution in [3.05, 3.63) is 42.0 Å². The molecule has 0 unspecified atom stereocenters. The number of imidazole rings is 1. The van der Waals surface area contributed by atoms with E-state index in [1.54, 1.807) is 12.1 Å². The van der Waals surface area contributed by atoms with Crippen molar-refractivity contribution >= 4 is 22.9 Å². The number of carbonyl (C=O) groups excluding carboxylic acids is 1. The van der Waals surface area contributed by atoms with E-state index in [1.165, 1.54) is 21.3 Å². The lowest BCUT2D eigenvalue weighted by atomic mass is 10.1. The predicted molar refractivity (Wildman–Crippen MR) is 90.1 cm³/mol. The number of methoxy groups -OCH3 is 3. The molecule has 1 aromatic heterocycles. The number of carbonyl (C=O) groups is 1. The molecular weight excluding hydrogens is 310 g/mol. The summed E-state index contributed by atoms with van der Waals surface area (Å²) in [6.07, 6.45) is 0. The van der Waals surface area contributed by atoms with Crippen molar-refractivity contribution in [1.29, 1.82) is 0 Å². The third-order valence-electron chi connectivity index (χ3n) is 3.57. The normalized spacial score (nSPS) is 10.5. The molecule has 0 spiro atoms. The number of para-hydroxylation sites is 2. The summed E-state index contributed by atoms with van der Waals surface area (Å²) < 4.78 is 15.7. The number of nitrogens with one attached hydrogen (secondary N) is 2. The first kappa shape index (κ1) is 15.7. The summed E-state index contributed by atoms with van der Waals surface area (Å²) in [7, 11) is 4.51. The Hall–Kier alpha value is -3.22. The van der Waals surface area contributed by atoms with Crippen LogP contribution in [0.15, 0.2) is 36.4 Å². The molecule has 0 fully saturated rings. The van der Waals surface area contributed by atoms with E-state index in [2.05, 4.69) is 15.3 Å². The first-order chi connectivity index (χ1) is 11.7. The van der Waals surface area contributed by atoms with Crippen molar-refractivity contribution in [2.75, 3.05) is 26.6 Å². The first-order valence-corrected chi connectivity index (χ1v) is 7.22. The summed E-state index contributed by atoms with van der Waals surface area (Å²) in [5.74, 6) is 1.29. The SMILES string of the molecule is COc1cc(OC)c(C(=O)Nc2nc3ccccc3[nH]2)cc1OC. The predicted octanol–water partition coefficient (Wildman–Crippen LogP) is 2.84. The van der Waals surface area contributed by atoms with Crippen molar-refractivity contribution in [3.8, 4) is 17.2 Å². The molecule has 1 amide bonds. The van der Waals surface area contributed by atoms with Crippen LogP contribution in [0.5, 0.6) is 17.2 Å². The van der Waals surface area contributed by atoms with Gasteiger partial charge in [0.05, 0.1) is 37.9 Å². The van der Waals surface area contributed by atoms with E-state index in [0.29, 0.717) is 28.8 Å². The van der Waals surface area contributed by atoms with Crippen LogP contribution >= 0.6 is 0 Å². The van der Waals surface area contributed by atoms with Crippen LogP contribution in [0.3, 0.4) is 0 Å². The molecule has 0 bridgehead atoms. The van der Waals surface area contributed by atoms with Crippen LogP contribution in [-0.2, 0) is 0 Å². The van der Waals surface area contributed by atoms with Gasteiger partial charge in [-0.1, -0.05) is 12.1 Å². The van der Waals surface area contributed by atoms with Gasteiger partial charge in [-0.25, -0.2) is 4.98 Å². The van der Waals surface area contributed by atoms with Crippen LogP contribution in [0, 0.1) is 0 Å². The van der Waals surface area contributed by atoms with E-state index in [1.807, 2.05) is 24.3 Å². The Morgan fingerprint density at radius 2 is 1.67 bits per heavy atom. The molecular formula is C17H17N3O4. The lowest BCUT2D eigenvalue weighted by molar-refractivity contribution is 0.102. The summed E-state index contributed by atoms with van der Waals surface area (Å²) in [6, 6.07) is 10.7. The number of amides is 1. The van der Waals surface area contributed by atoms with Gasteiger partial charge in [-0.3, -0.25) is 10.1 Å². The number of fused-ring (bicyclic) bond motifs is 1. The number of aromatic amines is 1. The summed E-state index contributed by atoms with van der Waals surface area (Å²) in [5, 5.41) is 2.73. The number of anilines is 1. The Bertz CT molecular complexity index is 856. The van der Waals surface area contributed by atoms with Crippen LogP contribution < -0.4 is 19.5 Å². The number of hydrogen-bond donors (Lipinski definition) is 2. The van der Waals surface area contributed by atoms with E-state index in [0.717, 1.165) is 11.0 Å². The average molecular weight is 327 g/mol. The van der Waals surface area contributed by atoms with Crippen molar-refractivity contribution < 1.29 is 19.0 Å². The number of aromatic nitrogens is 2. The first-order valence-electron chi connectivity index (χ1n) is 7.22. The second-order valence-corrected chi connectivity index (χ2v) is 4.96. The highest BCUT2D eigenvalue weighted by Crippen LogP contribution is 2.34. The van der Waals surface area contributed by atoms with Gasteiger partial charge in [0.1, 0.15) is 5.75 Å². The molecule has 0 saturated carbocycles. The Kier molecular flexibility index (Phi) is 4.24. The minimum Gasteiger partial charge on any atom is -0.496 e. The highest BCUT2D eigenvalue weighted by Gasteiger charge is 2.18. The maximum Gasteiger partial charge on any atom is 0.261 e. The van der Waals surface area contributed by atoms with Crippen molar-refractivity contribution in [2.24, 2.45) is 0 Å². The number of rotatable bonds is 5. The molecule has 3 aromatic rings. The second-order valence-electron chi connectivity index (χ2n) is 4.96. The largest absolute Gasteiger partial charge is 0.496 e. The number of benzene rings is 2. The molecule has 0 saturated heterocycles. The second kappa shape index (κ2) is 6.49. The summed E-state index contributed by atoms with van der Waals surface area (Å²) >= 11 is 0. The van der Waals surface area contributed by atoms with Crippen LogP contribution in [0.2, 0.25) is 0 Å². The van der Waals surface area contributed by atoms with E-state index in [9.17, 15) is 4.79 Å². The zero-order valence-corrected chi connectivity index (χ0v) is 13.5. The fourth-order valence-corrected chi connectivity index (χ4v) is 2.39. The Morgan fingerprint density at radius 3 is 2.33 bits per heavy atom. The molecule has 0 aliphatic heterocycles. The lowest BCUT2D eigenvalue weighted by Crippen LogP contribution is -2.14. The molecule has 7 heteroatoms. The van der Waals surface area contributed by atoms with Crippen LogP contribution in [0.25, 0.3) is 11.0 Å². The monoisotopic (exact) mass is 327 g/mol. The minimum atomic E-state index is -0.369. The van der Waals surface area contributed by atoms with Gasteiger partial charge < -0.3 is 19.2 Å². The molecule has 3 rings (SSSR count). The summed E-state index contributed by atoms with van der Waals surface area (Å²) in [5.41, 5.74) is 1.93. The van der Waals surface area contributed by atoms with Crippen LogP contribution in [-0.4, -0.2) is 37.2 Å². The topological polar surface area (TPSA) is 85.5 Å². The zero-order chi connectivity index (χ0) is 17.1. The van der Waals surface area contributed by atoms with Crippen molar-refractivity contribution in [2.45, 2.75) is 0 Å². The number of hydrogen-bond acceptors (Lipinski definition) is 5. The highest BCUT2D eigenvalue weighted by molar-refractivity contribution is 6.06. The molecule has 2 aromatic carbocycles. The van der Waals surface area contributed by atoms with Crippen LogP contribution in [0.1, 0.15) is 10.4 Å². The van der Waals surface area contributed by atoms with Gasteiger partial charge in [0, 0.05) is 12.1 Å². The van der Waals surface area contributed by atoms with E-state index < -0.39 is 0 Å². The Balaban J connectivity index is 1.93. The molecule has 2 N–H and O–H groups in total. The van der Waals surface area contributed by atoms with Gasteiger partial charge in [0.25, 0.3) is 5.91 Å². The smallest absolute Gasteiger partial charge is 0.261 e. The number of nitrogens with zero attached hydrogens (tertiary/aromatic N) is 1. The molecule has 1 heterocycles. The van der Waals surface area contributed by atoms with E-state index in [-0.39, 0.29) is 5.91 Å². The average Bonchev–Trinajstić information content (AvgIpc) is 3.02. The Labute approximate surface area is 138 Å². The number of H-pyrrole nitrogens is 1. The summed E-state index contributed by atoms with van der Waals surface area (Å²) in [4.78, 5) is 20.0. The molecule has 24 heavy (non-hydrogen) atoms. The highest BCUT2D eigenvalue weighted by atomic mass is 16.5. The third kappa shape index (κ3) is 2.83. The van der Waals surface area contributed by atoms with E-state index >= 15 is 0 Å². The van der Waals surface area contributed by atoms with E-state index in [4.69, 9.17) is 14.2 Å². The quantitative estimate of drug-likeness (QED) is 0.752. The van der Waals surface area contributed by atoms with Crippen molar-refractivity contribution in [1.82, 2.24) is 9.97 Å². The standard InChI is InChI=1S/C17H17N3O4/c1-22-13-9-15(24-3)14(23-2)8-10(13)16(21)20-17-18-11-6-4-5-7-12(11)19-17/h4-9H,1-3H3,(H2,18,19,20,21). The molecule has 7 nitrogen and oxygen atoms in total. The van der Waals surface area contributed by atoms with Gasteiger partial charge in [-0.05, 0) is 12.1 Å². The lowest BCUT2D eigenvalue weighted by Gasteiger charge is -2.13. The molecule has 0 atom stereocenters. The van der Waals surface area contributed by atoms with Gasteiger partial charge >= 0.3 is 0 Å². The fourth-order valence-electron chi connectivity index (χ4n) is 2.39. The molecule has 0 radical (unpaired) electrons. The maximum absolute atomic E-state index is 12.6. The van der Waals surface area contributed by atoms with Crippen molar-refractivity contribution in [3.63, 3.8) is 0 Å². The zero-order valence-electron chi connectivity index (χ0n) is 13.5. The fraction of sp³-hybridized carbons (Fsp3) is 0.176. The minimum absolute atomic E-state index is 0.315. The van der Waals surface area contributed by atoms with Crippen LogP contribution in [0.4, 0.5) is 5.95 Å². The Morgan fingerprint density at radius 1 is 1.00 bits per heavy atom. The maximum atomic E-state index is 12.6. The van der Waals surface area contributed by atoms with Gasteiger partial charge in [-0.2, -0.15) is 0 Å². The molecule has 0 aliphatic rings. The van der Waals surface area contributed by atoms with Gasteiger partial charge in [0.15, 0.2) is 11.5 Å². The summed E-state index contributed by atoms with van der Waals surface area (Å²) in [6.45, 7) is 0. The molecule has 124 valence electrons.